The molecule has 2 nitrogen and oxygen atoms in total. The van der Waals surface area contributed by atoms with Gasteiger partial charge in [0.05, 0.1) is 0 Å². The molecule has 0 spiro atoms. The SMILES string of the molecule is c1ccc2c(c1)CC[C@@H](CN1CCCCC1)O2. The van der Waals surface area contributed by atoms with Gasteiger partial charge in [0.1, 0.15) is 11.9 Å². The predicted octanol–water partition coefficient (Wildman–Crippen LogP) is 2.87. The highest BCUT2D eigenvalue weighted by Gasteiger charge is 2.22. The van der Waals surface area contributed by atoms with Gasteiger partial charge in [-0.2, -0.15) is 0 Å². The van der Waals surface area contributed by atoms with Gasteiger partial charge in [-0.05, 0) is 50.4 Å². The monoisotopic (exact) mass is 231 g/mol. The molecule has 2 aliphatic rings. The van der Waals surface area contributed by atoms with Crippen LogP contribution in [-0.4, -0.2) is 30.6 Å². The summed E-state index contributed by atoms with van der Waals surface area (Å²) in [6.45, 7) is 3.65. The Morgan fingerprint density at radius 2 is 1.94 bits per heavy atom. The third kappa shape index (κ3) is 2.63. The molecular formula is C15H21NO. The first-order valence-corrected chi connectivity index (χ1v) is 6.89. The van der Waals surface area contributed by atoms with Crippen LogP contribution in [0.1, 0.15) is 31.2 Å². The molecule has 0 unspecified atom stereocenters. The zero-order valence-electron chi connectivity index (χ0n) is 10.4. The van der Waals surface area contributed by atoms with Gasteiger partial charge >= 0.3 is 0 Å². The predicted molar refractivity (Wildman–Crippen MR) is 69.5 cm³/mol. The molecular weight excluding hydrogens is 210 g/mol. The highest BCUT2D eigenvalue weighted by molar-refractivity contribution is 5.35. The zero-order valence-corrected chi connectivity index (χ0v) is 10.4. The number of aryl methyl sites for hydroxylation is 1. The molecule has 17 heavy (non-hydrogen) atoms. The maximum absolute atomic E-state index is 6.09. The van der Waals surface area contributed by atoms with Crippen LogP contribution in [0.2, 0.25) is 0 Å². The lowest BCUT2D eigenvalue weighted by molar-refractivity contribution is 0.103. The van der Waals surface area contributed by atoms with Gasteiger partial charge in [0, 0.05) is 6.54 Å². The molecule has 1 fully saturated rings. The van der Waals surface area contributed by atoms with E-state index in [1.807, 2.05) is 0 Å². The van der Waals surface area contributed by atoms with E-state index in [1.54, 1.807) is 0 Å². The molecule has 1 atom stereocenters. The molecule has 92 valence electrons. The van der Waals surface area contributed by atoms with E-state index in [0.29, 0.717) is 6.10 Å². The number of fused-ring (bicyclic) bond motifs is 1. The summed E-state index contributed by atoms with van der Waals surface area (Å²) in [5.74, 6) is 1.11. The van der Waals surface area contributed by atoms with Crippen molar-refractivity contribution in [1.29, 1.82) is 0 Å². The van der Waals surface area contributed by atoms with Crippen molar-refractivity contribution in [1.82, 2.24) is 4.90 Å². The number of para-hydroxylation sites is 1. The summed E-state index contributed by atoms with van der Waals surface area (Å²) in [4.78, 5) is 2.57. The Morgan fingerprint density at radius 1 is 1.12 bits per heavy atom. The normalized spacial score (nSPS) is 25.1. The molecule has 2 aliphatic heterocycles. The smallest absolute Gasteiger partial charge is 0.122 e. The van der Waals surface area contributed by atoms with Crippen LogP contribution in [0.15, 0.2) is 24.3 Å². The van der Waals surface area contributed by atoms with E-state index in [9.17, 15) is 0 Å². The molecule has 0 N–H and O–H groups in total. The van der Waals surface area contributed by atoms with Crippen LogP contribution < -0.4 is 4.74 Å². The molecule has 0 radical (unpaired) electrons. The topological polar surface area (TPSA) is 12.5 Å². The van der Waals surface area contributed by atoms with Crippen molar-refractivity contribution < 1.29 is 4.74 Å². The lowest BCUT2D eigenvalue weighted by Crippen LogP contribution is -2.40. The van der Waals surface area contributed by atoms with Crippen molar-refractivity contribution in [3.05, 3.63) is 29.8 Å². The molecule has 0 aromatic heterocycles. The summed E-state index contributed by atoms with van der Waals surface area (Å²) in [5, 5.41) is 0. The van der Waals surface area contributed by atoms with Crippen molar-refractivity contribution >= 4 is 0 Å². The zero-order chi connectivity index (χ0) is 11.5. The van der Waals surface area contributed by atoms with Gasteiger partial charge in [0.25, 0.3) is 0 Å². The summed E-state index contributed by atoms with van der Waals surface area (Å²) in [5.41, 5.74) is 1.38. The molecule has 3 rings (SSSR count). The Morgan fingerprint density at radius 3 is 2.82 bits per heavy atom. The average molecular weight is 231 g/mol. The Balaban J connectivity index is 1.60. The fourth-order valence-corrected chi connectivity index (χ4v) is 2.94. The minimum Gasteiger partial charge on any atom is -0.489 e. The maximum Gasteiger partial charge on any atom is 0.122 e. The van der Waals surface area contributed by atoms with Gasteiger partial charge in [-0.15, -0.1) is 0 Å². The van der Waals surface area contributed by atoms with Crippen LogP contribution in [0.25, 0.3) is 0 Å². The van der Waals surface area contributed by atoms with Gasteiger partial charge in [0.2, 0.25) is 0 Å². The number of benzene rings is 1. The Labute approximate surface area is 104 Å². The Bertz CT molecular complexity index is 371. The summed E-state index contributed by atoms with van der Waals surface area (Å²) >= 11 is 0. The van der Waals surface area contributed by atoms with Crippen molar-refractivity contribution in [2.75, 3.05) is 19.6 Å². The first-order chi connectivity index (χ1) is 8.42. The number of piperidine rings is 1. The minimum absolute atomic E-state index is 0.406. The van der Waals surface area contributed by atoms with Crippen LogP contribution in [0.4, 0.5) is 0 Å². The Kier molecular flexibility index (Phi) is 3.32. The highest BCUT2D eigenvalue weighted by atomic mass is 16.5. The Hall–Kier alpha value is -1.02. The molecule has 0 bridgehead atoms. The number of hydrogen-bond donors (Lipinski definition) is 0. The van der Waals surface area contributed by atoms with Crippen LogP contribution in [0, 0.1) is 0 Å². The molecule has 0 saturated carbocycles. The number of hydrogen-bond acceptors (Lipinski definition) is 2. The molecule has 0 amide bonds. The average Bonchev–Trinajstić information content (AvgIpc) is 2.40. The van der Waals surface area contributed by atoms with Crippen molar-refractivity contribution in [2.24, 2.45) is 0 Å². The van der Waals surface area contributed by atoms with Crippen molar-refractivity contribution in [3.63, 3.8) is 0 Å². The molecule has 1 saturated heterocycles. The third-order valence-corrected chi connectivity index (χ3v) is 3.91. The first kappa shape index (κ1) is 11.1. The lowest BCUT2D eigenvalue weighted by atomic mass is 10.0. The van der Waals surface area contributed by atoms with Crippen LogP contribution >= 0.6 is 0 Å². The lowest BCUT2D eigenvalue weighted by Gasteiger charge is -2.33. The van der Waals surface area contributed by atoms with Crippen LogP contribution in [-0.2, 0) is 6.42 Å². The molecule has 2 heteroatoms. The third-order valence-electron chi connectivity index (χ3n) is 3.91. The van der Waals surface area contributed by atoms with Gasteiger partial charge < -0.3 is 4.74 Å². The van der Waals surface area contributed by atoms with E-state index >= 15 is 0 Å². The second kappa shape index (κ2) is 5.09. The van der Waals surface area contributed by atoms with Crippen LogP contribution in [0.3, 0.4) is 0 Å². The summed E-state index contributed by atoms with van der Waals surface area (Å²) in [6, 6.07) is 8.47. The second-order valence-corrected chi connectivity index (χ2v) is 5.25. The standard InChI is InChI=1S/C15H21NO/c1-4-10-16(11-5-1)12-14-9-8-13-6-2-3-7-15(13)17-14/h2-3,6-7,14H,1,4-5,8-12H2/t14-/m0/s1. The first-order valence-electron chi connectivity index (χ1n) is 6.89. The van der Waals surface area contributed by atoms with E-state index in [-0.39, 0.29) is 0 Å². The number of likely N-dealkylation sites (tertiary alicyclic amines) is 1. The summed E-state index contributed by atoms with van der Waals surface area (Å²) in [6.07, 6.45) is 6.89. The molecule has 0 aliphatic carbocycles. The minimum atomic E-state index is 0.406. The van der Waals surface area contributed by atoms with E-state index < -0.39 is 0 Å². The van der Waals surface area contributed by atoms with E-state index in [2.05, 4.69) is 29.2 Å². The summed E-state index contributed by atoms with van der Waals surface area (Å²) < 4.78 is 6.09. The van der Waals surface area contributed by atoms with E-state index in [0.717, 1.165) is 12.3 Å². The second-order valence-electron chi connectivity index (χ2n) is 5.25. The van der Waals surface area contributed by atoms with Gasteiger partial charge in [-0.1, -0.05) is 24.6 Å². The molecule has 1 aromatic carbocycles. The van der Waals surface area contributed by atoms with E-state index in [1.165, 1.54) is 50.8 Å². The van der Waals surface area contributed by atoms with Crippen molar-refractivity contribution in [3.8, 4) is 5.75 Å². The van der Waals surface area contributed by atoms with E-state index in [4.69, 9.17) is 4.74 Å². The fourth-order valence-electron chi connectivity index (χ4n) is 2.94. The van der Waals surface area contributed by atoms with Gasteiger partial charge in [-0.3, -0.25) is 4.90 Å². The van der Waals surface area contributed by atoms with Crippen LogP contribution in [0.5, 0.6) is 5.75 Å². The maximum atomic E-state index is 6.09. The highest BCUT2D eigenvalue weighted by Crippen LogP contribution is 2.27. The number of nitrogens with zero attached hydrogens (tertiary/aromatic N) is 1. The molecule has 2 heterocycles. The quantitative estimate of drug-likeness (QED) is 0.776. The molecule has 1 aromatic rings. The van der Waals surface area contributed by atoms with Gasteiger partial charge in [-0.25, -0.2) is 0 Å². The largest absolute Gasteiger partial charge is 0.489 e. The van der Waals surface area contributed by atoms with Gasteiger partial charge in [0.15, 0.2) is 0 Å². The van der Waals surface area contributed by atoms with Crippen molar-refractivity contribution in [2.45, 2.75) is 38.2 Å². The number of ether oxygens (including phenoxy) is 1. The summed E-state index contributed by atoms with van der Waals surface area (Å²) in [7, 11) is 0. The number of rotatable bonds is 2. The fraction of sp³-hybridized carbons (Fsp3) is 0.600.